The highest BCUT2D eigenvalue weighted by Gasteiger charge is 2.17. The van der Waals surface area contributed by atoms with Crippen LogP contribution >= 0.6 is 10.7 Å². The fourth-order valence-corrected chi connectivity index (χ4v) is 2.18. The number of halogens is 5. The third-order valence-electron chi connectivity index (χ3n) is 1.81. The van der Waals surface area contributed by atoms with Crippen molar-refractivity contribution in [3.8, 4) is 11.5 Å². The van der Waals surface area contributed by atoms with Crippen LogP contribution in [0.15, 0.2) is 18.2 Å². The van der Waals surface area contributed by atoms with Crippen LogP contribution in [-0.4, -0.2) is 21.6 Å². The second-order valence-electron chi connectivity index (χ2n) is 3.21. The molecule has 0 aromatic heterocycles. The van der Waals surface area contributed by atoms with E-state index in [0.717, 1.165) is 18.2 Å². The molecule has 10 heteroatoms. The van der Waals surface area contributed by atoms with Gasteiger partial charge in [0.2, 0.25) is 9.05 Å². The van der Waals surface area contributed by atoms with Gasteiger partial charge in [0.05, 0.1) is 5.75 Å². The Balaban J connectivity index is 3.09. The maximum absolute atomic E-state index is 12.1. The van der Waals surface area contributed by atoms with Gasteiger partial charge in [-0.2, -0.15) is 17.6 Å². The van der Waals surface area contributed by atoms with Crippen molar-refractivity contribution >= 4 is 19.7 Å². The molecule has 0 aliphatic carbocycles. The molecule has 0 unspecified atom stereocenters. The third kappa shape index (κ3) is 5.97. The van der Waals surface area contributed by atoms with Crippen LogP contribution in [0.2, 0.25) is 0 Å². The Morgan fingerprint density at radius 2 is 1.68 bits per heavy atom. The second-order valence-corrected chi connectivity index (χ2v) is 5.99. The highest BCUT2D eigenvalue weighted by atomic mass is 35.7. The number of hydrogen-bond acceptors (Lipinski definition) is 4. The van der Waals surface area contributed by atoms with Gasteiger partial charge in [-0.25, -0.2) is 8.42 Å². The number of rotatable bonds is 6. The molecule has 0 aliphatic heterocycles. The lowest BCUT2D eigenvalue weighted by Crippen LogP contribution is -2.08. The van der Waals surface area contributed by atoms with Crippen molar-refractivity contribution in [1.82, 2.24) is 0 Å². The van der Waals surface area contributed by atoms with Crippen LogP contribution in [-0.2, 0) is 14.8 Å². The van der Waals surface area contributed by atoms with Crippen LogP contribution in [0.3, 0.4) is 0 Å². The second kappa shape index (κ2) is 6.29. The smallest absolute Gasteiger partial charge is 0.387 e. The maximum Gasteiger partial charge on any atom is 0.387 e. The van der Waals surface area contributed by atoms with Crippen LogP contribution in [0.4, 0.5) is 17.6 Å². The summed E-state index contributed by atoms with van der Waals surface area (Å²) in [5.74, 6) is -1.83. The van der Waals surface area contributed by atoms with E-state index in [-0.39, 0.29) is 5.56 Å². The van der Waals surface area contributed by atoms with Gasteiger partial charge in [0.25, 0.3) is 0 Å². The quantitative estimate of drug-likeness (QED) is 0.597. The number of hydrogen-bond donors (Lipinski definition) is 0. The molecule has 0 saturated heterocycles. The summed E-state index contributed by atoms with van der Waals surface area (Å²) in [6, 6.07) is 2.72. The SMILES string of the molecule is O=S(=O)(Cl)Cc1ccc(OC(F)F)cc1OC(F)F. The molecule has 0 radical (unpaired) electrons. The van der Waals surface area contributed by atoms with Crippen molar-refractivity contribution in [1.29, 1.82) is 0 Å². The highest BCUT2D eigenvalue weighted by molar-refractivity contribution is 8.13. The molecule has 19 heavy (non-hydrogen) atoms. The van der Waals surface area contributed by atoms with Crippen molar-refractivity contribution in [3.63, 3.8) is 0 Å². The number of benzene rings is 1. The molecule has 0 aliphatic rings. The van der Waals surface area contributed by atoms with Crippen molar-refractivity contribution in [2.24, 2.45) is 0 Å². The first-order chi connectivity index (χ1) is 8.67. The summed E-state index contributed by atoms with van der Waals surface area (Å²) in [4.78, 5) is 0. The third-order valence-corrected chi connectivity index (χ3v) is 2.79. The molecule has 0 N–H and O–H groups in total. The van der Waals surface area contributed by atoms with Crippen LogP contribution in [0.1, 0.15) is 5.56 Å². The van der Waals surface area contributed by atoms with E-state index >= 15 is 0 Å². The lowest BCUT2D eigenvalue weighted by molar-refractivity contribution is -0.0546. The van der Waals surface area contributed by atoms with Crippen molar-refractivity contribution in [2.45, 2.75) is 19.0 Å². The minimum Gasteiger partial charge on any atom is -0.435 e. The van der Waals surface area contributed by atoms with Gasteiger partial charge in [-0.15, -0.1) is 0 Å². The van der Waals surface area contributed by atoms with Crippen LogP contribution in [0, 0.1) is 0 Å². The Labute approximate surface area is 110 Å². The number of alkyl halides is 4. The Hall–Kier alpha value is -1.22. The zero-order valence-electron chi connectivity index (χ0n) is 9.02. The summed E-state index contributed by atoms with van der Waals surface area (Å²) in [5.41, 5.74) is -0.197. The maximum atomic E-state index is 12.1. The van der Waals surface area contributed by atoms with Gasteiger partial charge in [-0.1, -0.05) is 6.07 Å². The molecule has 0 fully saturated rings. The van der Waals surface area contributed by atoms with E-state index in [4.69, 9.17) is 10.7 Å². The molecule has 108 valence electrons. The van der Waals surface area contributed by atoms with Crippen molar-refractivity contribution in [2.75, 3.05) is 0 Å². The minimum atomic E-state index is -4.01. The normalized spacial score (nSPS) is 11.9. The summed E-state index contributed by atoms with van der Waals surface area (Å²) in [5, 5.41) is 0. The number of ether oxygens (including phenoxy) is 2. The predicted molar refractivity (Wildman–Crippen MR) is 58.2 cm³/mol. The lowest BCUT2D eigenvalue weighted by Gasteiger charge is -2.12. The highest BCUT2D eigenvalue weighted by Crippen LogP contribution is 2.29. The van der Waals surface area contributed by atoms with Gasteiger partial charge < -0.3 is 9.47 Å². The largest absolute Gasteiger partial charge is 0.435 e. The van der Waals surface area contributed by atoms with E-state index in [0.29, 0.717) is 0 Å². The van der Waals surface area contributed by atoms with Gasteiger partial charge in [0, 0.05) is 22.3 Å². The Kier molecular flexibility index (Phi) is 5.24. The van der Waals surface area contributed by atoms with Crippen LogP contribution < -0.4 is 9.47 Å². The molecular formula is C9H7ClF4O4S. The summed E-state index contributed by atoms with van der Waals surface area (Å²) in [6.45, 7) is -6.40. The zero-order chi connectivity index (χ0) is 14.6. The van der Waals surface area contributed by atoms with Gasteiger partial charge in [0.15, 0.2) is 0 Å². The van der Waals surface area contributed by atoms with E-state index < -0.39 is 39.5 Å². The van der Waals surface area contributed by atoms with Gasteiger partial charge in [0.1, 0.15) is 11.5 Å². The fraction of sp³-hybridized carbons (Fsp3) is 0.333. The first-order valence-corrected chi connectivity index (χ1v) is 7.10. The van der Waals surface area contributed by atoms with Crippen molar-refractivity contribution < 1.29 is 35.5 Å². The topological polar surface area (TPSA) is 52.6 Å². The van der Waals surface area contributed by atoms with E-state index in [9.17, 15) is 26.0 Å². The van der Waals surface area contributed by atoms with Crippen LogP contribution in [0.25, 0.3) is 0 Å². The summed E-state index contributed by atoms with van der Waals surface area (Å²) in [7, 11) is 0.965. The summed E-state index contributed by atoms with van der Waals surface area (Å²) < 4.78 is 77.9. The Morgan fingerprint density at radius 3 is 2.16 bits per heavy atom. The summed E-state index contributed by atoms with van der Waals surface area (Å²) >= 11 is 0. The van der Waals surface area contributed by atoms with E-state index in [2.05, 4.69) is 9.47 Å². The predicted octanol–water partition coefficient (Wildman–Crippen LogP) is 2.96. The first-order valence-electron chi connectivity index (χ1n) is 4.62. The average Bonchev–Trinajstić information content (AvgIpc) is 2.18. The molecule has 0 saturated carbocycles. The minimum absolute atomic E-state index is 0.197. The Morgan fingerprint density at radius 1 is 1.11 bits per heavy atom. The molecule has 0 spiro atoms. The standard InChI is InChI=1S/C9H7ClF4O4S/c10-19(15,16)4-5-1-2-6(17-8(11)12)3-7(5)18-9(13)14/h1-3,8-9H,4H2. The van der Waals surface area contributed by atoms with Crippen LogP contribution in [0.5, 0.6) is 11.5 Å². The van der Waals surface area contributed by atoms with E-state index in [1.54, 1.807) is 0 Å². The van der Waals surface area contributed by atoms with Gasteiger partial charge >= 0.3 is 13.2 Å². The molecule has 0 bridgehead atoms. The molecule has 4 nitrogen and oxygen atoms in total. The molecule has 0 atom stereocenters. The first kappa shape index (κ1) is 15.8. The molecular weight excluding hydrogens is 316 g/mol. The molecule has 0 amide bonds. The lowest BCUT2D eigenvalue weighted by atomic mass is 10.2. The molecule has 1 aromatic rings. The van der Waals surface area contributed by atoms with Crippen molar-refractivity contribution in [3.05, 3.63) is 23.8 Å². The summed E-state index contributed by atoms with van der Waals surface area (Å²) in [6.07, 6.45) is 0. The molecule has 0 heterocycles. The average molecular weight is 323 g/mol. The van der Waals surface area contributed by atoms with E-state index in [1.807, 2.05) is 0 Å². The molecule has 1 rings (SSSR count). The van der Waals surface area contributed by atoms with Gasteiger partial charge in [-0.3, -0.25) is 0 Å². The zero-order valence-corrected chi connectivity index (χ0v) is 10.6. The van der Waals surface area contributed by atoms with E-state index in [1.165, 1.54) is 0 Å². The fourth-order valence-electron chi connectivity index (χ4n) is 1.22. The van der Waals surface area contributed by atoms with Gasteiger partial charge in [-0.05, 0) is 6.07 Å². The Bertz CT molecular complexity index is 535. The molecule has 1 aromatic carbocycles. The monoisotopic (exact) mass is 322 g/mol.